The molecule has 0 saturated carbocycles. The van der Waals surface area contributed by atoms with Gasteiger partial charge in [-0.3, -0.25) is 4.98 Å². The van der Waals surface area contributed by atoms with Crippen LogP contribution in [-0.4, -0.2) is 4.98 Å². The molecule has 1 aliphatic rings. The molecule has 1 nitrogen and oxygen atoms in total. The van der Waals surface area contributed by atoms with Crippen molar-refractivity contribution in [1.82, 2.24) is 4.98 Å². The molecule has 0 fully saturated rings. The maximum Gasteiger partial charge on any atom is 0.0702 e. The molecule has 0 aliphatic heterocycles. The third-order valence-corrected chi connectivity index (χ3v) is 8.98. The average molecular weight is 378 g/mol. The van der Waals surface area contributed by atoms with E-state index >= 15 is 0 Å². The second-order valence-electron chi connectivity index (χ2n) is 11.9. The first-order valence-electron chi connectivity index (χ1n) is 10.7. The quantitative estimate of drug-likeness (QED) is 0.497. The highest BCUT2D eigenvalue weighted by Gasteiger charge is 2.60. The van der Waals surface area contributed by atoms with Gasteiger partial charge in [-0.15, -0.1) is 0 Å². The molecule has 1 aromatic carbocycles. The van der Waals surface area contributed by atoms with Crippen LogP contribution in [0.4, 0.5) is 0 Å². The molecule has 0 amide bonds. The van der Waals surface area contributed by atoms with Crippen LogP contribution in [0.25, 0.3) is 11.3 Å². The van der Waals surface area contributed by atoms with Crippen LogP contribution in [0, 0.1) is 10.8 Å². The van der Waals surface area contributed by atoms with Crippen LogP contribution < -0.4 is 0 Å². The molecule has 0 radical (unpaired) electrons. The number of pyridine rings is 1. The van der Waals surface area contributed by atoms with E-state index < -0.39 is 0 Å². The fourth-order valence-corrected chi connectivity index (χ4v) is 5.01. The van der Waals surface area contributed by atoms with Gasteiger partial charge < -0.3 is 0 Å². The molecule has 1 aromatic heterocycles. The molecule has 1 heterocycles. The Hall–Kier alpha value is -1.63. The monoisotopic (exact) mass is 377 g/mol. The highest BCUT2D eigenvalue weighted by atomic mass is 14.7. The first kappa shape index (κ1) is 21.1. The molecule has 0 spiro atoms. The second kappa shape index (κ2) is 5.94. The fraction of sp³-hybridized carbons (Fsp3) is 0.593. The lowest BCUT2D eigenvalue weighted by molar-refractivity contribution is -0.0441. The maximum atomic E-state index is 4.81. The Morgan fingerprint density at radius 3 is 1.68 bits per heavy atom. The third kappa shape index (κ3) is 2.69. The summed E-state index contributed by atoms with van der Waals surface area (Å²) in [7, 11) is 0. The van der Waals surface area contributed by atoms with Crippen molar-refractivity contribution in [1.29, 1.82) is 0 Å². The topological polar surface area (TPSA) is 12.9 Å². The van der Waals surface area contributed by atoms with Crippen LogP contribution in [0.15, 0.2) is 36.5 Å². The molecule has 0 unspecified atom stereocenters. The Morgan fingerprint density at radius 1 is 0.679 bits per heavy atom. The SMILES string of the molecule is CC(C)(C)c1ccc(-c2ccc3c(c2)C(C)(C)C(C)(C)C(C)(C)C3(C)C)nc1. The van der Waals surface area contributed by atoms with Crippen molar-refractivity contribution >= 4 is 0 Å². The van der Waals surface area contributed by atoms with Crippen molar-refractivity contribution in [2.75, 3.05) is 0 Å². The summed E-state index contributed by atoms with van der Waals surface area (Å²) in [5.74, 6) is 0. The maximum absolute atomic E-state index is 4.81. The Kier molecular flexibility index (Phi) is 4.47. The van der Waals surface area contributed by atoms with Gasteiger partial charge in [-0.25, -0.2) is 0 Å². The van der Waals surface area contributed by atoms with Crippen molar-refractivity contribution in [3.8, 4) is 11.3 Å². The van der Waals surface area contributed by atoms with E-state index in [0.29, 0.717) is 0 Å². The highest BCUT2D eigenvalue weighted by molar-refractivity contribution is 5.64. The van der Waals surface area contributed by atoms with Crippen molar-refractivity contribution in [2.24, 2.45) is 10.8 Å². The van der Waals surface area contributed by atoms with Crippen molar-refractivity contribution in [3.05, 3.63) is 53.2 Å². The van der Waals surface area contributed by atoms with E-state index in [2.05, 4.69) is 106 Å². The van der Waals surface area contributed by atoms with E-state index in [1.54, 1.807) is 0 Å². The van der Waals surface area contributed by atoms with Gasteiger partial charge in [-0.05, 0) is 55.9 Å². The molecule has 0 atom stereocenters. The van der Waals surface area contributed by atoms with E-state index in [9.17, 15) is 0 Å². The van der Waals surface area contributed by atoms with Crippen LogP contribution in [0.1, 0.15) is 92.9 Å². The van der Waals surface area contributed by atoms with Gasteiger partial charge in [0.25, 0.3) is 0 Å². The highest BCUT2D eigenvalue weighted by Crippen LogP contribution is 2.65. The lowest BCUT2D eigenvalue weighted by Gasteiger charge is -2.64. The van der Waals surface area contributed by atoms with Crippen LogP contribution in [0.3, 0.4) is 0 Å². The first-order valence-corrected chi connectivity index (χ1v) is 10.7. The zero-order valence-electron chi connectivity index (χ0n) is 19.9. The smallest absolute Gasteiger partial charge is 0.0702 e. The number of benzene rings is 1. The van der Waals surface area contributed by atoms with E-state index in [1.165, 1.54) is 22.3 Å². The minimum Gasteiger partial charge on any atom is -0.256 e. The van der Waals surface area contributed by atoms with Crippen molar-refractivity contribution < 1.29 is 0 Å². The average Bonchev–Trinajstić information content (AvgIpc) is 2.59. The molecule has 0 saturated heterocycles. The standard InChI is InChI=1S/C27H39N/c1-23(2,3)19-13-15-22(28-17-19)18-12-14-20-21(16-18)25(6,7)27(10,11)26(8,9)24(20,4)5/h12-17H,1-11H3. The minimum absolute atomic E-state index is 0.0721. The van der Waals surface area contributed by atoms with E-state index in [1.807, 2.05) is 6.20 Å². The summed E-state index contributed by atoms with van der Waals surface area (Å²) in [6, 6.07) is 11.4. The summed E-state index contributed by atoms with van der Waals surface area (Å²) < 4.78 is 0. The molecule has 1 aliphatic carbocycles. The molecule has 3 rings (SSSR count). The summed E-state index contributed by atoms with van der Waals surface area (Å²) in [6.07, 6.45) is 2.04. The first-order chi connectivity index (χ1) is 12.5. The van der Waals surface area contributed by atoms with Gasteiger partial charge in [0.2, 0.25) is 0 Å². The zero-order valence-corrected chi connectivity index (χ0v) is 19.9. The van der Waals surface area contributed by atoms with Crippen LogP contribution in [-0.2, 0) is 16.2 Å². The Balaban J connectivity index is 2.18. The van der Waals surface area contributed by atoms with Crippen LogP contribution in [0.5, 0.6) is 0 Å². The molecule has 0 bridgehead atoms. The normalized spacial score (nSPS) is 21.8. The van der Waals surface area contributed by atoms with Gasteiger partial charge in [0.15, 0.2) is 0 Å². The van der Waals surface area contributed by atoms with Crippen molar-refractivity contribution in [2.45, 2.75) is 92.4 Å². The van der Waals surface area contributed by atoms with Gasteiger partial charge in [-0.2, -0.15) is 0 Å². The van der Waals surface area contributed by atoms with E-state index in [0.717, 1.165) is 5.69 Å². The lowest BCUT2D eigenvalue weighted by Crippen LogP contribution is -2.59. The molecule has 152 valence electrons. The summed E-state index contributed by atoms with van der Waals surface area (Å²) >= 11 is 0. The molecule has 0 N–H and O–H groups in total. The minimum atomic E-state index is 0.0721. The van der Waals surface area contributed by atoms with E-state index in [4.69, 9.17) is 4.98 Å². The molecular weight excluding hydrogens is 338 g/mol. The number of rotatable bonds is 1. The summed E-state index contributed by atoms with van der Waals surface area (Å²) in [5.41, 5.74) is 7.14. The third-order valence-electron chi connectivity index (χ3n) is 8.98. The Labute approximate surface area is 173 Å². The predicted molar refractivity (Wildman–Crippen MR) is 122 cm³/mol. The number of fused-ring (bicyclic) bond motifs is 1. The number of nitrogens with zero attached hydrogens (tertiary/aromatic N) is 1. The zero-order chi connectivity index (χ0) is 21.3. The Morgan fingerprint density at radius 2 is 1.21 bits per heavy atom. The Bertz CT molecular complexity index is 887. The van der Waals surface area contributed by atoms with Gasteiger partial charge >= 0.3 is 0 Å². The molecular formula is C27H39N. The number of aromatic nitrogens is 1. The van der Waals surface area contributed by atoms with Gasteiger partial charge in [-0.1, -0.05) is 94.4 Å². The summed E-state index contributed by atoms with van der Waals surface area (Å²) in [5, 5.41) is 0. The number of hydrogen-bond acceptors (Lipinski definition) is 1. The molecule has 28 heavy (non-hydrogen) atoms. The summed E-state index contributed by atoms with van der Waals surface area (Å²) in [4.78, 5) is 4.81. The second-order valence-corrected chi connectivity index (χ2v) is 11.9. The lowest BCUT2D eigenvalue weighted by atomic mass is 9.40. The largest absolute Gasteiger partial charge is 0.256 e. The van der Waals surface area contributed by atoms with Crippen LogP contribution in [0.2, 0.25) is 0 Å². The summed E-state index contributed by atoms with van der Waals surface area (Å²) in [6.45, 7) is 26.1. The van der Waals surface area contributed by atoms with Crippen LogP contribution >= 0.6 is 0 Å². The van der Waals surface area contributed by atoms with Gasteiger partial charge in [0, 0.05) is 11.8 Å². The van der Waals surface area contributed by atoms with Crippen molar-refractivity contribution in [3.63, 3.8) is 0 Å². The van der Waals surface area contributed by atoms with E-state index in [-0.39, 0.29) is 27.1 Å². The molecule has 2 aromatic rings. The molecule has 1 heteroatoms. The van der Waals surface area contributed by atoms with Gasteiger partial charge in [0.05, 0.1) is 5.69 Å². The fourth-order valence-electron chi connectivity index (χ4n) is 5.01. The predicted octanol–water partition coefficient (Wildman–Crippen LogP) is 7.67. The van der Waals surface area contributed by atoms with Gasteiger partial charge in [0.1, 0.15) is 0 Å². The number of hydrogen-bond donors (Lipinski definition) is 0.